The van der Waals surface area contributed by atoms with Crippen LogP contribution in [0.3, 0.4) is 0 Å². The molecule has 0 spiro atoms. The van der Waals surface area contributed by atoms with Crippen LogP contribution < -0.4 is 5.32 Å². The molecule has 0 fully saturated rings. The first-order valence-electron chi connectivity index (χ1n) is 6.91. The van der Waals surface area contributed by atoms with Crippen LogP contribution in [0.5, 0.6) is 0 Å². The maximum Gasteiger partial charge on any atom is 0.333 e. The number of amides is 1. The first kappa shape index (κ1) is 19.0. The smallest absolute Gasteiger partial charge is 0.333 e. The molecule has 0 radical (unpaired) electrons. The molecule has 0 heterocycles. The van der Waals surface area contributed by atoms with Crippen molar-refractivity contribution in [2.75, 3.05) is 26.7 Å². The maximum absolute atomic E-state index is 11.7. The van der Waals surface area contributed by atoms with Gasteiger partial charge in [0, 0.05) is 37.3 Å². The fourth-order valence-corrected chi connectivity index (χ4v) is 1.80. The topological polar surface area (TPSA) is 58.6 Å². The molecule has 0 aromatic carbocycles. The number of nitrogens with one attached hydrogen (secondary N) is 1. The van der Waals surface area contributed by atoms with Crippen LogP contribution in [0, 0.1) is 0 Å². The van der Waals surface area contributed by atoms with E-state index >= 15 is 0 Å². The van der Waals surface area contributed by atoms with Gasteiger partial charge >= 0.3 is 5.97 Å². The number of carbonyl (C=O) groups excluding carboxylic acids is 2. The highest BCUT2D eigenvalue weighted by atomic mass is 16.5. The highest BCUT2D eigenvalue weighted by molar-refractivity contribution is 5.94. The van der Waals surface area contributed by atoms with Crippen molar-refractivity contribution in [1.29, 1.82) is 0 Å². The van der Waals surface area contributed by atoms with Crippen molar-refractivity contribution in [2.45, 2.75) is 26.7 Å². The molecule has 0 aliphatic heterocycles. The fraction of sp³-hybridized carbons (Fsp3) is 0.500. The second-order valence-electron chi connectivity index (χ2n) is 4.90. The van der Waals surface area contributed by atoms with Gasteiger partial charge in [0.1, 0.15) is 0 Å². The normalized spacial score (nSPS) is 9.67. The predicted molar refractivity (Wildman–Crippen MR) is 84.6 cm³/mol. The zero-order chi connectivity index (χ0) is 16.4. The van der Waals surface area contributed by atoms with E-state index < -0.39 is 5.97 Å². The number of nitrogens with zero attached hydrogens (tertiary/aromatic N) is 1. The molecule has 0 aliphatic carbocycles. The standard InChI is InChI=1S/C16H26N2O3/c1-7-18(14(5)10-12(2)3)9-8-17-15(19)11-13(4)16(20)21-6/h2,4-5,7-11H2,1,3,6H3,(H,17,19). The summed E-state index contributed by atoms with van der Waals surface area (Å²) in [5.74, 6) is -0.804. The van der Waals surface area contributed by atoms with Crippen LogP contribution in [0.2, 0.25) is 0 Å². The van der Waals surface area contributed by atoms with Crippen molar-refractivity contribution in [2.24, 2.45) is 0 Å². The van der Waals surface area contributed by atoms with Gasteiger partial charge in [-0.15, -0.1) is 0 Å². The van der Waals surface area contributed by atoms with Crippen LogP contribution in [-0.4, -0.2) is 43.5 Å². The van der Waals surface area contributed by atoms with Crippen molar-refractivity contribution in [3.8, 4) is 0 Å². The van der Waals surface area contributed by atoms with Gasteiger partial charge in [0.15, 0.2) is 0 Å². The summed E-state index contributed by atoms with van der Waals surface area (Å²) in [6, 6.07) is 0. The molecule has 118 valence electrons. The van der Waals surface area contributed by atoms with Gasteiger partial charge in [-0.2, -0.15) is 0 Å². The first-order chi connectivity index (χ1) is 9.81. The number of ether oxygens (including phenoxy) is 1. The zero-order valence-corrected chi connectivity index (χ0v) is 13.3. The quantitative estimate of drug-likeness (QED) is 0.380. The molecule has 0 unspecified atom stereocenters. The molecule has 0 atom stereocenters. The van der Waals surface area contributed by atoms with E-state index in [9.17, 15) is 9.59 Å². The maximum atomic E-state index is 11.7. The van der Waals surface area contributed by atoms with Gasteiger partial charge in [-0.1, -0.05) is 25.3 Å². The van der Waals surface area contributed by atoms with Gasteiger partial charge < -0.3 is 15.0 Å². The molecule has 21 heavy (non-hydrogen) atoms. The lowest BCUT2D eigenvalue weighted by molar-refractivity contribution is -0.137. The van der Waals surface area contributed by atoms with E-state index in [2.05, 4.69) is 34.7 Å². The molecule has 0 saturated heterocycles. The fourth-order valence-electron chi connectivity index (χ4n) is 1.80. The Morgan fingerprint density at radius 3 is 2.29 bits per heavy atom. The number of likely N-dealkylation sites (N-methyl/N-ethyl adjacent to an activating group) is 1. The lowest BCUT2D eigenvalue weighted by atomic mass is 10.2. The molecule has 0 bridgehead atoms. The number of esters is 1. The van der Waals surface area contributed by atoms with Crippen LogP contribution in [0.1, 0.15) is 26.7 Å². The third-order valence-corrected chi connectivity index (χ3v) is 2.89. The molecule has 1 N–H and O–H groups in total. The highest BCUT2D eigenvalue weighted by Gasteiger charge is 2.12. The van der Waals surface area contributed by atoms with Crippen molar-refractivity contribution < 1.29 is 14.3 Å². The largest absolute Gasteiger partial charge is 0.466 e. The summed E-state index contributed by atoms with van der Waals surface area (Å²) in [5, 5.41) is 2.75. The van der Waals surface area contributed by atoms with Gasteiger partial charge in [0.2, 0.25) is 5.91 Å². The summed E-state index contributed by atoms with van der Waals surface area (Å²) < 4.78 is 4.49. The van der Waals surface area contributed by atoms with E-state index in [4.69, 9.17) is 0 Å². The van der Waals surface area contributed by atoms with Gasteiger partial charge in [0.05, 0.1) is 13.5 Å². The molecule has 0 aliphatic rings. The zero-order valence-electron chi connectivity index (χ0n) is 13.3. The molecule has 0 aromatic rings. The summed E-state index contributed by atoms with van der Waals surface area (Å²) >= 11 is 0. The number of rotatable bonds is 10. The lowest BCUT2D eigenvalue weighted by Crippen LogP contribution is -2.34. The van der Waals surface area contributed by atoms with E-state index in [0.717, 1.165) is 24.2 Å². The van der Waals surface area contributed by atoms with Crippen molar-refractivity contribution in [3.63, 3.8) is 0 Å². The van der Waals surface area contributed by atoms with Crippen LogP contribution in [0.15, 0.2) is 36.6 Å². The highest BCUT2D eigenvalue weighted by Crippen LogP contribution is 2.11. The summed E-state index contributed by atoms with van der Waals surface area (Å²) in [5.41, 5.74) is 2.18. The van der Waals surface area contributed by atoms with E-state index in [0.29, 0.717) is 13.1 Å². The van der Waals surface area contributed by atoms with Crippen LogP contribution in [0.25, 0.3) is 0 Å². The number of allylic oxidation sites excluding steroid dienone is 1. The molecule has 5 nitrogen and oxygen atoms in total. The van der Waals surface area contributed by atoms with Gasteiger partial charge in [0.25, 0.3) is 0 Å². The average molecular weight is 294 g/mol. The second kappa shape index (κ2) is 9.80. The molecule has 1 amide bonds. The van der Waals surface area contributed by atoms with E-state index in [1.807, 2.05) is 13.8 Å². The van der Waals surface area contributed by atoms with Crippen LogP contribution >= 0.6 is 0 Å². The summed E-state index contributed by atoms with van der Waals surface area (Å²) in [6.45, 7) is 17.4. The predicted octanol–water partition coefficient (Wildman–Crippen LogP) is 2.02. The van der Waals surface area contributed by atoms with E-state index in [1.165, 1.54) is 7.11 Å². The van der Waals surface area contributed by atoms with Gasteiger partial charge in [-0.3, -0.25) is 4.79 Å². The Kier molecular flexibility index (Phi) is 8.85. The molecule has 0 aromatic heterocycles. The number of hydrogen-bond donors (Lipinski definition) is 1. The Labute approximate surface area is 127 Å². The minimum absolute atomic E-state index is 0.0501. The SMILES string of the molecule is C=C(C)CC(=C)N(CC)CCNC(=O)CC(=C)C(=O)OC. The Hall–Kier alpha value is -2.04. The van der Waals surface area contributed by atoms with E-state index in [1.54, 1.807) is 0 Å². The van der Waals surface area contributed by atoms with Crippen molar-refractivity contribution >= 4 is 11.9 Å². The monoisotopic (exact) mass is 294 g/mol. The Morgan fingerprint density at radius 2 is 1.81 bits per heavy atom. The van der Waals surface area contributed by atoms with Gasteiger partial charge in [-0.05, 0) is 13.8 Å². The summed E-state index contributed by atoms with van der Waals surface area (Å²) in [4.78, 5) is 24.9. The van der Waals surface area contributed by atoms with Crippen LogP contribution in [-0.2, 0) is 14.3 Å². The molecular formula is C16H26N2O3. The van der Waals surface area contributed by atoms with Gasteiger partial charge in [-0.25, -0.2) is 4.79 Å². The molecule has 0 rings (SSSR count). The molecule has 0 saturated carbocycles. The third kappa shape index (κ3) is 7.97. The molecular weight excluding hydrogens is 268 g/mol. The molecule has 5 heteroatoms. The second-order valence-corrected chi connectivity index (χ2v) is 4.90. The Bertz CT molecular complexity index is 427. The van der Waals surface area contributed by atoms with Crippen LogP contribution in [0.4, 0.5) is 0 Å². The minimum atomic E-state index is -0.560. The summed E-state index contributed by atoms with van der Waals surface area (Å²) in [6.07, 6.45) is 0.701. The number of hydrogen-bond acceptors (Lipinski definition) is 4. The van der Waals surface area contributed by atoms with Crippen molar-refractivity contribution in [3.05, 3.63) is 36.6 Å². The first-order valence-corrected chi connectivity index (χ1v) is 6.91. The number of carbonyl (C=O) groups is 2. The average Bonchev–Trinajstić information content (AvgIpc) is 2.41. The number of methoxy groups -OCH3 is 1. The Morgan fingerprint density at radius 1 is 1.19 bits per heavy atom. The third-order valence-electron chi connectivity index (χ3n) is 2.89. The van der Waals surface area contributed by atoms with E-state index in [-0.39, 0.29) is 17.9 Å². The minimum Gasteiger partial charge on any atom is -0.466 e. The summed E-state index contributed by atoms with van der Waals surface area (Å²) in [7, 11) is 1.26. The van der Waals surface area contributed by atoms with Crippen molar-refractivity contribution in [1.82, 2.24) is 10.2 Å². The lowest BCUT2D eigenvalue weighted by Gasteiger charge is -2.25. The Balaban J connectivity index is 4.13.